The van der Waals surface area contributed by atoms with E-state index in [1.165, 1.54) is 5.56 Å². The van der Waals surface area contributed by atoms with Gasteiger partial charge in [-0.05, 0) is 86.1 Å². The Morgan fingerprint density at radius 3 is 1.51 bits per heavy atom. The summed E-state index contributed by atoms with van der Waals surface area (Å²) >= 11 is 3.39. The molecule has 71 heavy (non-hydrogen) atoms. The number of hydrogen-bond acceptors (Lipinski definition) is 15. The van der Waals surface area contributed by atoms with Gasteiger partial charge in [-0.15, -0.1) is 22.7 Å². The highest BCUT2D eigenvalue weighted by atomic mass is 32.1. The van der Waals surface area contributed by atoms with Crippen LogP contribution in [0, 0.1) is 13.8 Å². The van der Waals surface area contributed by atoms with Crippen LogP contribution in [0.4, 0.5) is 0 Å². The predicted molar refractivity (Wildman–Crippen MR) is 275 cm³/mol. The number of ether oxygens (including phenoxy) is 2. The molecular formula is C54H58N8O7S2. The number of carboxylic acids is 1. The zero-order chi connectivity index (χ0) is 49.8. The molecule has 0 aliphatic carbocycles. The molecule has 368 valence electrons. The van der Waals surface area contributed by atoms with Gasteiger partial charge in [0.15, 0.2) is 0 Å². The molecule has 10 rings (SSSR count). The Morgan fingerprint density at radius 1 is 0.620 bits per heavy atom. The van der Waals surface area contributed by atoms with Crippen LogP contribution in [0.3, 0.4) is 0 Å². The number of thiazole rings is 2. The molecule has 6 heterocycles. The van der Waals surface area contributed by atoms with Gasteiger partial charge in [-0.25, -0.2) is 14.8 Å². The van der Waals surface area contributed by atoms with E-state index in [0.717, 1.165) is 95.4 Å². The van der Waals surface area contributed by atoms with Crippen molar-refractivity contribution in [3.63, 3.8) is 0 Å². The first-order valence-electron chi connectivity index (χ1n) is 23.8. The van der Waals surface area contributed by atoms with Gasteiger partial charge in [0.05, 0.1) is 17.0 Å². The molecule has 0 spiro atoms. The number of benzene rings is 4. The van der Waals surface area contributed by atoms with Crippen molar-refractivity contribution in [3.05, 3.63) is 152 Å². The van der Waals surface area contributed by atoms with Crippen LogP contribution >= 0.6 is 22.7 Å². The van der Waals surface area contributed by atoms with Crippen LogP contribution in [0.5, 0.6) is 0 Å². The first-order chi connectivity index (χ1) is 34.5. The average Bonchev–Trinajstić information content (AvgIpc) is 4.28. The molecule has 4 aromatic heterocycles. The van der Waals surface area contributed by atoms with Gasteiger partial charge >= 0.3 is 5.97 Å². The molecule has 2 aliphatic rings. The minimum atomic E-state index is -0.957. The van der Waals surface area contributed by atoms with Gasteiger partial charge in [0, 0.05) is 103 Å². The van der Waals surface area contributed by atoms with Gasteiger partial charge in [0.1, 0.15) is 10.0 Å². The number of nitrogens with zero attached hydrogens (tertiary/aromatic N) is 6. The molecule has 4 aromatic carbocycles. The van der Waals surface area contributed by atoms with Crippen LogP contribution in [-0.2, 0) is 33.1 Å². The number of carbonyl (C=O) groups is 2. The standard InChI is InChI=1S/C27H28N4O3S.C15H18N2OS.C12H12N2O3/c1-3-19-13-21(24-29-18(2)34-31-24)15-22(14-19)25(32)28-17-27(9-11-33-12-10-27)26-30-23(16-35-26)20-7-5-4-6-8-20;16-11-15(6-8-18-9-7-15)14-17-13(10-19-14)12-4-2-1-3-5-12;1-3-8-4-9(6-10(5-8)12(15)16)11-13-7(2)17-14-11/h4-8,13-16H,3,9-12,17H2,1-2H3,(H,28,32);1-5,10H,6-9,11,16H2;4-6H,3H2,1-2H3,(H,15,16). The van der Waals surface area contributed by atoms with Crippen LogP contribution in [-0.4, -0.2) is 86.7 Å². The highest BCUT2D eigenvalue weighted by Gasteiger charge is 2.38. The maximum absolute atomic E-state index is 13.3. The predicted octanol–water partition coefficient (Wildman–Crippen LogP) is 10.3. The van der Waals surface area contributed by atoms with Gasteiger partial charge < -0.3 is 34.7 Å². The van der Waals surface area contributed by atoms with E-state index in [1.807, 2.05) is 67.6 Å². The number of nitrogens with one attached hydrogen (secondary N) is 1. The van der Waals surface area contributed by atoms with E-state index in [1.54, 1.807) is 48.7 Å². The first kappa shape index (κ1) is 50.6. The molecule has 8 aromatic rings. The Hall–Kier alpha value is -6.76. The van der Waals surface area contributed by atoms with E-state index in [9.17, 15) is 9.59 Å². The van der Waals surface area contributed by atoms with Crippen molar-refractivity contribution >= 4 is 34.6 Å². The number of aryl methyl sites for hydroxylation is 4. The summed E-state index contributed by atoms with van der Waals surface area (Å²) in [5.74, 6) is 0.782. The largest absolute Gasteiger partial charge is 0.478 e. The molecule has 17 heteroatoms. The maximum Gasteiger partial charge on any atom is 0.335 e. The van der Waals surface area contributed by atoms with Crippen LogP contribution in [0.15, 0.2) is 117 Å². The molecule has 2 aliphatic heterocycles. The quantitative estimate of drug-likeness (QED) is 0.0980. The van der Waals surface area contributed by atoms with Crippen molar-refractivity contribution in [1.82, 2.24) is 35.6 Å². The van der Waals surface area contributed by atoms with Crippen molar-refractivity contribution in [1.29, 1.82) is 0 Å². The summed E-state index contributed by atoms with van der Waals surface area (Å²) in [6, 6.07) is 31.3. The highest BCUT2D eigenvalue weighted by molar-refractivity contribution is 7.10. The molecule has 0 unspecified atom stereocenters. The second-order valence-electron chi connectivity index (χ2n) is 17.6. The molecule has 2 saturated heterocycles. The Morgan fingerprint density at radius 2 is 1.07 bits per heavy atom. The molecule has 0 saturated carbocycles. The Bertz CT molecular complexity index is 3010. The van der Waals surface area contributed by atoms with E-state index in [4.69, 9.17) is 39.3 Å². The molecule has 1 amide bonds. The maximum atomic E-state index is 13.3. The first-order valence-corrected chi connectivity index (χ1v) is 25.6. The number of carboxylic acid groups (broad SMARTS) is 1. The number of carbonyl (C=O) groups excluding carboxylic acids is 1. The lowest BCUT2D eigenvalue weighted by atomic mass is 9.80. The van der Waals surface area contributed by atoms with E-state index >= 15 is 0 Å². The zero-order valence-electron chi connectivity index (χ0n) is 40.4. The molecule has 4 N–H and O–H groups in total. The van der Waals surface area contributed by atoms with Crippen molar-refractivity contribution in [3.8, 4) is 45.3 Å². The number of aromatic carboxylic acids is 1. The van der Waals surface area contributed by atoms with Gasteiger partial charge in [0.2, 0.25) is 23.4 Å². The Labute approximate surface area is 420 Å². The van der Waals surface area contributed by atoms with Crippen molar-refractivity contribution in [2.24, 2.45) is 5.73 Å². The summed E-state index contributed by atoms with van der Waals surface area (Å²) in [7, 11) is 0. The Kier molecular flexibility index (Phi) is 16.7. The molecule has 0 atom stereocenters. The van der Waals surface area contributed by atoms with Crippen molar-refractivity contribution < 1.29 is 33.2 Å². The summed E-state index contributed by atoms with van der Waals surface area (Å²) in [4.78, 5) is 42.5. The lowest BCUT2D eigenvalue weighted by Gasteiger charge is -2.35. The molecule has 0 bridgehead atoms. The van der Waals surface area contributed by atoms with Crippen LogP contribution in [0.1, 0.15) is 93.2 Å². The van der Waals surface area contributed by atoms with Crippen LogP contribution in [0.25, 0.3) is 45.3 Å². The third-order valence-electron chi connectivity index (χ3n) is 12.8. The molecule has 0 radical (unpaired) electrons. The smallest absolute Gasteiger partial charge is 0.335 e. The average molecular weight is 995 g/mol. The summed E-state index contributed by atoms with van der Waals surface area (Å²) in [5, 5.41) is 26.5. The van der Waals surface area contributed by atoms with E-state index < -0.39 is 5.97 Å². The number of rotatable bonds is 13. The van der Waals surface area contributed by atoms with Crippen LogP contribution in [0.2, 0.25) is 0 Å². The second-order valence-corrected chi connectivity index (χ2v) is 19.3. The molecule has 2 fully saturated rings. The third kappa shape index (κ3) is 12.4. The van der Waals surface area contributed by atoms with Gasteiger partial charge in [-0.3, -0.25) is 4.79 Å². The van der Waals surface area contributed by atoms with Crippen LogP contribution < -0.4 is 11.1 Å². The molecular weight excluding hydrogens is 937 g/mol. The lowest BCUT2D eigenvalue weighted by Crippen LogP contribution is -2.44. The fraction of sp³-hybridized carbons (Fsp3) is 0.333. The van der Waals surface area contributed by atoms with E-state index in [0.29, 0.717) is 60.9 Å². The summed E-state index contributed by atoms with van der Waals surface area (Å²) in [6.45, 7) is 11.5. The minimum absolute atomic E-state index is 0.0238. The monoisotopic (exact) mass is 994 g/mol. The van der Waals surface area contributed by atoms with Gasteiger partial charge in [-0.1, -0.05) is 84.8 Å². The minimum Gasteiger partial charge on any atom is -0.478 e. The van der Waals surface area contributed by atoms with Crippen molar-refractivity contribution in [2.75, 3.05) is 39.5 Å². The van der Waals surface area contributed by atoms with Gasteiger partial charge in [0.25, 0.3) is 5.91 Å². The molecule has 15 nitrogen and oxygen atoms in total. The normalized spacial score (nSPS) is 14.9. The summed E-state index contributed by atoms with van der Waals surface area (Å²) in [6.07, 6.45) is 5.14. The van der Waals surface area contributed by atoms with E-state index in [-0.39, 0.29) is 22.3 Å². The lowest BCUT2D eigenvalue weighted by molar-refractivity contribution is 0.0486. The van der Waals surface area contributed by atoms with Gasteiger partial charge in [-0.2, -0.15) is 9.97 Å². The fourth-order valence-corrected chi connectivity index (χ4v) is 10.7. The second kappa shape index (κ2) is 23.4. The highest BCUT2D eigenvalue weighted by Crippen LogP contribution is 2.39. The van der Waals surface area contributed by atoms with Crippen molar-refractivity contribution in [2.45, 2.75) is 77.0 Å². The number of nitrogens with two attached hydrogens (primary N) is 1. The topological polar surface area (TPSA) is 215 Å². The zero-order valence-corrected chi connectivity index (χ0v) is 42.0. The fourth-order valence-electron chi connectivity index (χ4n) is 8.50. The summed E-state index contributed by atoms with van der Waals surface area (Å²) < 4.78 is 21.1. The number of aromatic nitrogens is 6. The third-order valence-corrected chi connectivity index (χ3v) is 15.0. The number of hydrogen-bond donors (Lipinski definition) is 3. The number of amides is 1. The van der Waals surface area contributed by atoms with E-state index in [2.05, 4.69) is 67.5 Å². The Balaban J connectivity index is 0.000000158. The SMILES string of the molecule is CCc1cc(C(=O)NCC2(c3nc(-c4ccccc4)cs3)CCOCC2)cc(-c2noc(C)n2)c1.CCc1cc(C(=O)O)cc(-c2noc(C)n2)c1.NCC1(c2nc(-c3ccccc3)cs2)CCOCC1. The summed E-state index contributed by atoms with van der Waals surface area (Å²) in [5.41, 5.74) is 14.3.